The maximum atomic E-state index is 6.19. The van der Waals surface area contributed by atoms with Gasteiger partial charge in [0.1, 0.15) is 5.84 Å². The van der Waals surface area contributed by atoms with E-state index in [0.717, 1.165) is 17.1 Å². The van der Waals surface area contributed by atoms with Gasteiger partial charge in [-0.25, -0.2) is 4.99 Å². The lowest BCUT2D eigenvalue weighted by Crippen LogP contribution is -2.30. The third-order valence-electron chi connectivity index (χ3n) is 3.48. The van der Waals surface area contributed by atoms with Crippen molar-refractivity contribution >= 4 is 22.9 Å². The molecule has 0 radical (unpaired) electrons. The largest absolute Gasteiger partial charge is 0.386 e. The fourth-order valence-corrected chi connectivity index (χ4v) is 2.41. The van der Waals surface area contributed by atoms with Crippen LogP contribution in [-0.4, -0.2) is 12.4 Å². The van der Waals surface area contributed by atoms with Crippen LogP contribution in [0.2, 0.25) is 0 Å². The van der Waals surface area contributed by atoms with E-state index < -0.39 is 0 Å². The smallest absolute Gasteiger partial charge is 0.120 e. The van der Waals surface area contributed by atoms with Crippen LogP contribution < -0.4 is 10.6 Å². The van der Waals surface area contributed by atoms with E-state index >= 15 is 0 Å². The molecule has 0 aliphatic carbocycles. The predicted molar refractivity (Wildman–Crippen MR) is 97.6 cm³/mol. The van der Waals surface area contributed by atoms with Gasteiger partial charge in [0, 0.05) is 11.4 Å². The highest BCUT2D eigenvalue weighted by molar-refractivity contribution is 5.89. The van der Waals surface area contributed by atoms with Gasteiger partial charge in [-0.15, -0.1) is 0 Å². The topological polar surface area (TPSA) is 41.6 Å². The van der Waals surface area contributed by atoms with Crippen LogP contribution in [0, 0.1) is 0 Å². The number of rotatable bonds is 5. The van der Waals surface area contributed by atoms with E-state index in [4.69, 9.17) is 5.73 Å². The molecule has 0 amide bonds. The molecule has 0 heterocycles. The van der Waals surface area contributed by atoms with Gasteiger partial charge in [0.25, 0.3) is 0 Å². The molecule has 3 aromatic rings. The second kappa shape index (κ2) is 7.27. The number of anilines is 2. The quantitative estimate of drug-likeness (QED) is 0.556. The lowest BCUT2D eigenvalue weighted by atomic mass is 10.2. The predicted octanol–water partition coefficient (Wildman–Crippen LogP) is 4.51. The van der Waals surface area contributed by atoms with Crippen LogP contribution in [0.25, 0.3) is 0 Å². The Hall–Kier alpha value is -3.07. The molecule has 3 heteroatoms. The third kappa shape index (κ3) is 3.98. The molecule has 0 atom stereocenters. The Bertz CT molecular complexity index is 713. The van der Waals surface area contributed by atoms with Crippen LogP contribution in [0.5, 0.6) is 0 Å². The molecule has 0 unspecified atom stereocenters. The summed E-state index contributed by atoms with van der Waals surface area (Å²) in [5.74, 6) is 0.573. The highest BCUT2D eigenvalue weighted by atomic mass is 15.2. The molecule has 0 spiro atoms. The van der Waals surface area contributed by atoms with Crippen LogP contribution in [0.3, 0.4) is 0 Å². The van der Waals surface area contributed by atoms with Gasteiger partial charge in [-0.2, -0.15) is 0 Å². The highest BCUT2D eigenvalue weighted by Crippen LogP contribution is 2.24. The molecule has 23 heavy (non-hydrogen) atoms. The Morgan fingerprint density at radius 2 is 1.13 bits per heavy atom. The van der Waals surface area contributed by atoms with Crippen LogP contribution in [-0.2, 0) is 0 Å². The summed E-state index contributed by atoms with van der Waals surface area (Å²) in [4.78, 5) is 6.66. The number of nitrogens with two attached hydrogens (primary N) is 1. The first-order valence-corrected chi connectivity index (χ1v) is 7.58. The number of benzene rings is 3. The number of hydrogen-bond donors (Lipinski definition) is 1. The number of hydrogen-bond acceptors (Lipinski definition) is 2. The molecule has 0 bridgehead atoms. The molecule has 3 aromatic carbocycles. The SMILES string of the molecule is NC(CN(c1ccccc1)c1ccccc1)=Nc1ccccc1. The normalized spacial score (nSPS) is 11.2. The average Bonchev–Trinajstić information content (AvgIpc) is 2.62. The van der Waals surface area contributed by atoms with Crippen molar-refractivity contribution in [2.45, 2.75) is 0 Å². The minimum absolute atomic E-state index is 0.531. The Morgan fingerprint density at radius 1 is 0.696 bits per heavy atom. The zero-order chi connectivity index (χ0) is 15.9. The number of aliphatic imine (C=N–C) groups is 1. The summed E-state index contributed by atoms with van der Waals surface area (Å²) in [6.07, 6.45) is 0. The minimum atomic E-state index is 0.531. The summed E-state index contributed by atoms with van der Waals surface area (Å²) in [5.41, 5.74) is 9.23. The molecule has 0 fully saturated rings. The first-order chi connectivity index (χ1) is 11.3. The van der Waals surface area contributed by atoms with Crippen molar-refractivity contribution in [3.05, 3.63) is 91.0 Å². The average molecular weight is 301 g/mol. The third-order valence-corrected chi connectivity index (χ3v) is 3.48. The lowest BCUT2D eigenvalue weighted by molar-refractivity contribution is 1.11. The van der Waals surface area contributed by atoms with Crippen molar-refractivity contribution in [1.82, 2.24) is 0 Å². The fourth-order valence-electron chi connectivity index (χ4n) is 2.41. The maximum absolute atomic E-state index is 6.19. The second-order valence-electron chi connectivity index (χ2n) is 5.20. The van der Waals surface area contributed by atoms with Crippen LogP contribution in [0.15, 0.2) is 96.0 Å². The molecule has 0 aromatic heterocycles. The van der Waals surface area contributed by atoms with Crippen molar-refractivity contribution in [1.29, 1.82) is 0 Å². The molecule has 114 valence electrons. The summed E-state index contributed by atoms with van der Waals surface area (Å²) in [7, 11) is 0. The van der Waals surface area contributed by atoms with Crippen molar-refractivity contribution in [3.63, 3.8) is 0 Å². The van der Waals surface area contributed by atoms with Gasteiger partial charge < -0.3 is 10.6 Å². The zero-order valence-electron chi connectivity index (χ0n) is 12.8. The Morgan fingerprint density at radius 3 is 1.61 bits per heavy atom. The van der Waals surface area contributed by atoms with Gasteiger partial charge in [0.2, 0.25) is 0 Å². The monoisotopic (exact) mass is 301 g/mol. The molecule has 0 aliphatic rings. The standard InChI is InChI=1S/C20H19N3/c21-20(22-17-10-4-1-5-11-17)16-23(18-12-6-2-7-13-18)19-14-8-3-9-15-19/h1-15H,16H2,(H2,21,22). The first-order valence-electron chi connectivity index (χ1n) is 7.58. The van der Waals surface area contributed by atoms with E-state index in [2.05, 4.69) is 34.2 Å². The molecular weight excluding hydrogens is 282 g/mol. The van der Waals surface area contributed by atoms with Gasteiger partial charge in [-0.1, -0.05) is 54.6 Å². The van der Waals surface area contributed by atoms with E-state index in [-0.39, 0.29) is 0 Å². The van der Waals surface area contributed by atoms with Crippen molar-refractivity contribution in [3.8, 4) is 0 Å². The van der Waals surface area contributed by atoms with Gasteiger partial charge >= 0.3 is 0 Å². The summed E-state index contributed by atoms with van der Waals surface area (Å²) in [6.45, 7) is 0.531. The van der Waals surface area contributed by atoms with Gasteiger partial charge in [-0.3, -0.25) is 0 Å². The van der Waals surface area contributed by atoms with Gasteiger partial charge in [0.15, 0.2) is 0 Å². The zero-order valence-corrected chi connectivity index (χ0v) is 12.8. The molecule has 2 N–H and O–H groups in total. The summed E-state index contributed by atoms with van der Waals surface area (Å²) in [5, 5.41) is 0. The molecule has 0 saturated carbocycles. The van der Waals surface area contributed by atoms with E-state index in [0.29, 0.717) is 12.4 Å². The molecular formula is C20H19N3. The van der Waals surface area contributed by atoms with Crippen molar-refractivity contribution < 1.29 is 0 Å². The Kier molecular flexibility index (Phi) is 4.69. The number of amidine groups is 1. The van der Waals surface area contributed by atoms with Crippen LogP contribution in [0.4, 0.5) is 17.1 Å². The first kappa shape index (κ1) is 14.9. The van der Waals surface area contributed by atoms with E-state index in [1.165, 1.54) is 0 Å². The van der Waals surface area contributed by atoms with Crippen LogP contribution in [0.1, 0.15) is 0 Å². The van der Waals surface area contributed by atoms with E-state index in [9.17, 15) is 0 Å². The molecule has 0 saturated heterocycles. The number of nitrogens with zero attached hydrogens (tertiary/aromatic N) is 2. The van der Waals surface area contributed by atoms with Gasteiger partial charge in [0.05, 0.1) is 12.2 Å². The summed E-state index contributed by atoms with van der Waals surface area (Å²) < 4.78 is 0. The Balaban J connectivity index is 1.89. The van der Waals surface area contributed by atoms with Gasteiger partial charge in [-0.05, 0) is 36.4 Å². The summed E-state index contributed by atoms with van der Waals surface area (Å²) in [6, 6.07) is 30.2. The van der Waals surface area contributed by atoms with E-state index in [1.54, 1.807) is 0 Å². The maximum Gasteiger partial charge on any atom is 0.120 e. The van der Waals surface area contributed by atoms with Crippen LogP contribution >= 0.6 is 0 Å². The van der Waals surface area contributed by atoms with Crippen molar-refractivity contribution in [2.75, 3.05) is 11.4 Å². The molecule has 3 rings (SSSR count). The lowest BCUT2D eigenvalue weighted by Gasteiger charge is -2.24. The number of para-hydroxylation sites is 3. The Labute approximate surface area is 136 Å². The second-order valence-corrected chi connectivity index (χ2v) is 5.20. The van der Waals surface area contributed by atoms with E-state index in [1.807, 2.05) is 66.7 Å². The fraction of sp³-hybridized carbons (Fsp3) is 0.0500. The minimum Gasteiger partial charge on any atom is -0.386 e. The highest BCUT2D eigenvalue weighted by Gasteiger charge is 2.10. The summed E-state index contributed by atoms with van der Waals surface area (Å²) >= 11 is 0. The van der Waals surface area contributed by atoms with Crippen molar-refractivity contribution in [2.24, 2.45) is 10.7 Å². The molecule has 3 nitrogen and oxygen atoms in total. The molecule has 0 aliphatic heterocycles.